The fraction of sp³-hybridized carbons (Fsp3) is 0.821. The van der Waals surface area contributed by atoms with Crippen molar-refractivity contribution in [1.82, 2.24) is 14.9 Å². The van der Waals surface area contributed by atoms with Crippen molar-refractivity contribution in [1.29, 1.82) is 0 Å². The second-order valence-electron chi connectivity index (χ2n) is 11.6. The summed E-state index contributed by atoms with van der Waals surface area (Å²) in [7, 11) is -4.91. The molecule has 1 aromatic rings. The molecule has 0 saturated carbocycles. The Hall–Kier alpha value is -1.65. The lowest BCUT2D eigenvalue weighted by Gasteiger charge is -2.28. The van der Waals surface area contributed by atoms with Crippen LogP contribution in [0.4, 0.5) is 13.2 Å². The van der Waals surface area contributed by atoms with E-state index < -0.39 is 68.8 Å². The number of aromatic nitrogens is 2. The zero-order valence-corrected chi connectivity index (χ0v) is 27.5. The van der Waals surface area contributed by atoms with E-state index in [1.807, 2.05) is 0 Å². The fourth-order valence-corrected chi connectivity index (χ4v) is 6.11. The minimum atomic E-state index is -5.15. The first kappa shape index (κ1) is 39.5. The van der Waals surface area contributed by atoms with Gasteiger partial charge in [0.2, 0.25) is 0 Å². The van der Waals surface area contributed by atoms with Gasteiger partial charge in [-0.2, -0.15) is 13.2 Å². The topological polar surface area (TPSA) is 172 Å². The number of alkyl halides is 3. The first-order chi connectivity index (χ1) is 21.1. The van der Waals surface area contributed by atoms with Gasteiger partial charge in [-0.3, -0.25) is 28.2 Å². The SMILES string of the molecule is CCCCCCCCCCCCCCC(COP(=O)(O)OC[C@H]1O[C@@H](n2ccc(=O)[nH]c2=S)C(C)(O)[C@H]1O)NC(=O)C(F)(F)F. The standard InChI is InChI=1S/C28H47F3N3O9PS/c1-3-4-5-6-7-8-9-10-11-12-13-14-15-20(32-24(37)28(29,30)31)18-41-44(39,40)42-19-21-23(36)27(2,38)25(43-21)34-17-16-22(35)33-26(34)45/h16-17,20-21,23,25,36,38H,3-15,18-19H2,1-2H3,(H,32,37)(H,39,40)(H,33,35,45)/t20?,21-,23+,25-,27?/m1/s1. The Balaban J connectivity index is 1.84. The van der Waals surface area contributed by atoms with Gasteiger partial charge in [0.25, 0.3) is 5.56 Å². The molecule has 12 nitrogen and oxygen atoms in total. The van der Waals surface area contributed by atoms with Crippen LogP contribution in [0.3, 0.4) is 0 Å². The zero-order chi connectivity index (χ0) is 33.7. The van der Waals surface area contributed by atoms with E-state index in [2.05, 4.69) is 11.9 Å². The number of aliphatic hydroxyl groups is 2. The lowest BCUT2D eigenvalue weighted by atomic mass is 9.96. The van der Waals surface area contributed by atoms with Crippen LogP contribution in [0.15, 0.2) is 17.1 Å². The molecule has 0 aliphatic carbocycles. The summed E-state index contributed by atoms with van der Waals surface area (Å²) in [5.41, 5.74) is -2.47. The predicted octanol–water partition coefficient (Wildman–Crippen LogP) is 5.19. The quantitative estimate of drug-likeness (QED) is 0.0657. The van der Waals surface area contributed by atoms with Crippen molar-refractivity contribution >= 4 is 25.9 Å². The largest absolute Gasteiger partial charge is 0.472 e. The monoisotopic (exact) mass is 689 g/mol. The molecule has 0 aromatic carbocycles. The highest BCUT2D eigenvalue weighted by Gasteiger charge is 2.53. The molecule has 2 heterocycles. The molecule has 260 valence electrons. The fourth-order valence-electron chi connectivity index (χ4n) is 5.07. The Bertz CT molecular complexity index is 1210. The van der Waals surface area contributed by atoms with Crippen LogP contribution in [0.25, 0.3) is 0 Å². The number of halogens is 3. The lowest BCUT2D eigenvalue weighted by molar-refractivity contribution is -0.174. The van der Waals surface area contributed by atoms with E-state index in [9.17, 15) is 42.4 Å². The first-order valence-electron chi connectivity index (χ1n) is 15.5. The highest BCUT2D eigenvalue weighted by atomic mass is 32.1. The molecule has 0 spiro atoms. The van der Waals surface area contributed by atoms with Crippen molar-refractivity contribution in [2.75, 3.05) is 13.2 Å². The van der Waals surface area contributed by atoms with Crippen molar-refractivity contribution in [2.24, 2.45) is 0 Å². The van der Waals surface area contributed by atoms with Gasteiger partial charge in [0.05, 0.1) is 19.3 Å². The van der Waals surface area contributed by atoms with Gasteiger partial charge in [0.1, 0.15) is 17.8 Å². The van der Waals surface area contributed by atoms with Gasteiger partial charge in [0, 0.05) is 12.3 Å². The third kappa shape index (κ3) is 13.5. The molecule has 6 atom stereocenters. The molecule has 0 bridgehead atoms. The number of carbonyl (C=O) groups excluding carboxylic acids is 1. The van der Waals surface area contributed by atoms with E-state index in [-0.39, 0.29) is 11.2 Å². The molecular formula is C28H47F3N3O9PS. The summed E-state index contributed by atoms with van der Waals surface area (Å²) in [6, 6.07) is -0.0983. The van der Waals surface area contributed by atoms with Gasteiger partial charge >= 0.3 is 19.9 Å². The maximum atomic E-state index is 12.9. The number of phosphoric acid groups is 1. The average molecular weight is 690 g/mol. The normalized spacial score (nSPS) is 24.0. The molecule has 5 N–H and O–H groups in total. The molecule has 1 saturated heterocycles. The Kier molecular flexibility index (Phi) is 16.4. The van der Waals surface area contributed by atoms with E-state index in [1.165, 1.54) is 56.2 Å². The summed E-state index contributed by atoms with van der Waals surface area (Å²) < 4.78 is 67.7. The number of amides is 1. The minimum Gasteiger partial charge on any atom is -0.387 e. The summed E-state index contributed by atoms with van der Waals surface area (Å²) in [4.78, 5) is 35.6. The molecule has 1 aliphatic rings. The van der Waals surface area contributed by atoms with Crippen LogP contribution in [-0.2, 0) is 23.1 Å². The number of unbranched alkanes of at least 4 members (excludes halogenated alkanes) is 11. The maximum Gasteiger partial charge on any atom is 0.472 e. The van der Waals surface area contributed by atoms with Crippen LogP contribution in [0.1, 0.15) is 104 Å². The van der Waals surface area contributed by atoms with Gasteiger partial charge in [-0.05, 0) is 25.6 Å². The highest BCUT2D eigenvalue weighted by molar-refractivity contribution is 7.71. The van der Waals surface area contributed by atoms with Crippen LogP contribution >= 0.6 is 20.0 Å². The Morgan fingerprint density at radius 1 is 1.13 bits per heavy atom. The summed E-state index contributed by atoms with van der Waals surface area (Å²) in [6.07, 6.45) is 4.51. The van der Waals surface area contributed by atoms with Crippen LogP contribution in [-0.4, -0.2) is 73.8 Å². The summed E-state index contributed by atoms with van der Waals surface area (Å²) in [5, 5.41) is 23.2. The molecule has 0 radical (unpaired) electrons. The minimum absolute atomic E-state index is 0.0774. The number of hydrogen-bond acceptors (Lipinski definition) is 9. The first-order valence-corrected chi connectivity index (χ1v) is 17.4. The predicted molar refractivity (Wildman–Crippen MR) is 162 cm³/mol. The number of nitrogens with one attached hydrogen (secondary N) is 2. The van der Waals surface area contributed by atoms with E-state index in [0.717, 1.165) is 31.7 Å². The van der Waals surface area contributed by atoms with Crippen molar-refractivity contribution in [3.05, 3.63) is 27.4 Å². The third-order valence-corrected chi connectivity index (χ3v) is 8.96. The summed E-state index contributed by atoms with van der Waals surface area (Å²) in [6.45, 7) is 1.91. The third-order valence-electron chi connectivity index (χ3n) is 7.70. The lowest BCUT2D eigenvalue weighted by Crippen LogP contribution is -2.45. The maximum absolute atomic E-state index is 12.9. The van der Waals surface area contributed by atoms with Gasteiger partial charge in [-0.25, -0.2) is 4.57 Å². The number of H-pyrrole nitrogens is 1. The number of phosphoric ester groups is 1. The van der Waals surface area contributed by atoms with E-state index >= 15 is 0 Å². The molecule has 17 heteroatoms. The average Bonchev–Trinajstić information content (AvgIpc) is 3.18. The number of nitrogens with zero attached hydrogens (tertiary/aromatic N) is 1. The second kappa shape index (κ2) is 18.6. The molecule has 1 fully saturated rings. The Morgan fingerprint density at radius 3 is 2.22 bits per heavy atom. The molecule has 1 aromatic heterocycles. The second-order valence-corrected chi connectivity index (χ2v) is 13.5. The van der Waals surface area contributed by atoms with Crippen LogP contribution < -0.4 is 10.9 Å². The van der Waals surface area contributed by atoms with E-state index in [1.54, 1.807) is 5.32 Å². The van der Waals surface area contributed by atoms with Crippen LogP contribution in [0, 0.1) is 4.77 Å². The zero-order valence-electron chi connectivity index (χ0n) is 25.8. The van der Waals surface area contributed by atoms with E-state index in [0.29, 0.717) is 12.8 Å². The van der Waals surface area contributed by atoms with Gasteiger partial charge in [-0.1, -0.05) is 84.0 Å². The van der Waals surface area contributed by atoms with Crippen molar-refractivity contribution in [3.8, 4) is 0 Å². The summed E-state index contributed by atoms with van der Waals surface area (Å²) >= 11 is 5.07. The number of aromatic amines is 1. The molecule has 3 unspecified atom stereocenters. The van der Waals surface area contributed by atoms with Gasteiger partial charge < -0.3 is 25.2 Å². The van der Waals surface area contributed by atoms with Gasteiger partial charge in [-0.15, -0.1) is 0 Å². The Morgan fingerprint density at radius 2 is 1.69 bits per heavy atom. The van der Waals surface area contributed by atoms with Gasteiger partial charge in [0.15, 0.2) is 11.0 Å². The molecule has 2 rings (SSSR count). The molecule has 45 heavy (non-hydrogen) atoms. The van der Waals surface area contributed by atoms with E-state index in [4.69, 9.17) is 26.0 Å². The highest BCUT2D eigenvalue weighted by Crippen LogP contribution is 2.46. The van der Waals surface area contributed by atoms with Crippen LogP contribution in [0.2, 0.25) is 0 Å². The molecule has 1 aliphatic heterocycles. The Labute approximate surface area is 266 Å². The molecular weight excluding hydrogens is 642 g/mol. The van der Waals surface area contributed by atoms with Crippen molar-refractivity contribution < 1.29 is 51.4 Å². The van der Waals surface area contributed by atoms with Crippen LogP contribution in [0.5, 0.6) is 0 Å². The smallest absolute Gasteiger partial charge is 0.387 e. The number of carbonyl (C=O) groups is 1. The number of ether oxygens (including phenoxy) is 1. The summed E-state index contributed by atoms with van der Waals surface area (Å²) in [5.74, 6) is -2.19. The number of aliphatic hydroxyl groups excluding tert-OH is 1. The van der Waals surface area contributed by atoms with Crippen molar-refractivity contribution in [2.45, 2.75) is 134 Å². The number of rotatable bonds is 21. The van der Waals surface area contributed by atoms with Crippen molar-refractivity contribution in [3.63, 3.8) is 0 Å². The number of hydrogen-bond donors (Lipinski definition) is 5. The molecule has 1 amide bonds.